The number of aromatic nitrogens is 1. The van der Waals surface area contributed by atoms with Crippen molar-refractivity contribution in [2.45, 2.75) is 25.3 Å². The Morgan fingerprint density at radius 2 is 2.05 bits per heavy atom. The molecule has 1 saturated heterocycles. The number of rotatable bonds is 4. The Bertz CT molecular complexity index is 589. The molecule has 1 aliphatic rings. The second kappa shape index (κ2) is 6.54. The third-order valence-corrected chi connectivity index (χ3v) is 3.74. The summed E-state index contributed by atoms with van der Waals surface area (Å²) >= 11 is 0. The summed E-state index contributed by atoms with van der Waals surface area (Å²) in [5.74, 6) is 0.811. The molecule has 2 N–H and O–H groups in total. The third-order valence-electron chi connectivity index (χ3n) is 3.74. The first-order valence-electron chi connectivity index (χ1n) is 7.31. The Balaban J connectivity index is 1.59. The van der Waals surface area contributed by atoms with E-state index in [1.807, 2.05) is 30.3 Å². The van der Waals surface area contributed by atoms with Crippen LogP contribution in [0.3, 0.4) is 0 Å². The summed E-state index contributed by atoms with van der Waals surface area (Å²) in [4.78, 5) is 16.4. The van der Waals surface area contributed by atoms with Gasteiger partial charge in [-0.3, -0.25) is 4.79 Å². The van der Waals surface area contributed by atoms with E-state index >= 15 is 0 Å². The molecule has 2 aromatic rings. The van der Waals surface area contributed by atoms with Gasteiger partial charge in [0, 0.05) is 12.5 Å². The van der Waals surface area contributed by atoms with E-state index in [1.165, 1.54) is 6.26 Å². The fourth-order valence-electron chi connectivity index (χ4n) is 2.52. The van der Waals surface area contributed by atoms with Crippen LogP contribution in [0.4, 0.5) is 0 Å². The fourth-order valence-corrected chi connectivity index (χ4v) is 2.52. The Hall–Kier alpha value is -2.14. The van der Waals surface area contributed by atoms with Crippen molar-refractivity contribution in [1.29, 1.82) is 0 Å². The highest BCUT2D eigenvalue weighted by Gasteiger charge is 2.21. The summed E-state index contributed by atoms with van der Waals surface area (Å²) in [5.41, 5.74) is 1.42. The van der Waals surface area contributed by atoms with Crippen molar-refractivity contribution in [2.24, 2.45) is 0 Å². The molecule has 2 heterocycles. The zero-order chi connectivity index (χ0) is 14.5. The van der Waals surface area contributed by atoms with Crippen LogP contribution in [0.5, 0.6) is 0 Å². The molecule has 1 aromatic carbocycles. The molecular formula is C16H19N3O2. The molecule has 110 valence electrons. The lowest BCUT2D eigenvalue weighted by molar-refractivity contribution is 0.0946. The number of hydrogen-bond donors (Lipinski definition) is 2. The average molecular weight is 285 g/mol. The molecule has 1 aliphatic heterocycles. The van der Waals surface area contributed by atoms with Crippen LogP contribution >= 0.6 is 0 Å². The van der Waals surface area contributed by atoms with Gasteiger partial charge in [-0.1, -0.05) is 30.3 Å². The van der Waals surface area contributed by atoms with E-state index in [0.717, 1.165) is 31.5 Å². The first-order chi connectivity index (χ1) is 10.3. The molecule has 21 heavy (non-hydrogen) atoms. The molecule has 1 aromatic heterocycles. The lowest BCUT2D eigenvalue weighted by Crippen LogP contribution is -2.27. The summed E-state index contributed by atoms with van der Waals surface area (Å²) in [6, 6.07) is 9.81. The number of nitrogens with zero attached hydrogens (tertiary/aromatic N) is 1. The third kappa shape index (κ3) is 3.49. The number of oxazole rings is 1. The van der Waals surface area contributed by atoms with Gasteiger partial charge in [-0.25, -0.2) is 4.98 Å². The van der Waals surface area contributed by atoms with Crippen LogP contribution in [0.2, 0.25) is 0 Å². The van der Waals surface area contributed by atoms with E-state index in [1.54, 1.807) is 0 Å². The van der Waals surface area contributed by atoms with Gasteiger partial charge in [0.15, 0.2) is 11.6 Å². The number of benzene rings is 1. The lowest BCUT2D eigenvalue weighted by Gasteiger charge is -2.19. The molecule has 5 heteroatoms. The van der Waals surface area contributed by atoms with Gasteiger partial charge in [-0.2, -0.15) is 0 Å². The minimum Gasteiger partial charge on any atom is -0.448 e. The second-order valence-electron chi connectivity index (χ2n) is 5.26. The summed E-state index contributed by atoms with van der Waals surface area (Å²) in [6.07, 6.45) is 3.47. The normalized spacial score (nSPS) is 15.8. The second-order valence-corrected chi connectivity index (χ2v) is 5.26. The van der Waals surface area contributed by atoms with Crippen LogP contribution in [-0.2, 0) is 6.54 Å². The van der Waals surface area contributed by atoms with Crippen LogP contribution in [0.25, 0.3) is 0 Å². The SMILES string of the molecule is O=C(NCc1ccccc1)c1coc(C2CCNCC2)n1. The Morgan fingerprint density at radius 1 is 1.29 bits per heavy atom. The predicted molar refractivity (Wildman–Crippen MR) is 79.0 cm³/mol. The number of nitrogens with one attached hydrogen (secondary N) is 2. The van der Waals surface area contributed by atoms with Gasteiger partial charge >= 0.3 is 0 Å². The van der Waals surface area contributed by atoms with Crippen LogP contribution in [0.15, 0.2) is 41.0 Å². The topological polar surface area (TPSA) is 67.2 Å². The van der Waals surface area contributed by atoms with E-state index < -0.39 is 0 Å². The maximum Gasteiger partial charge on any atom is 0.273 e. The van der Waals surface area contributed by atoms with Crippen LogP contribution in [0.1, 0.15) is 40.7 Å². The Kier molecular flexibility index (Phi) is 4.31. The average Bonchev–Trinajstić information content (AvgIpc) is 3.04. The van der Waals surface area contributed by atoms with Gasteiger partial charge in [-0.15, -0.1) is 0 Å². The summed E-state index contributed by atoms with van der Waals surface area (Å²) in [5, 5.41) is 6.16. The quantitative estimate of drug-likeness (QED) is 0.902. The van der Waals surface area contributed by atoms with Crippen molar-refractivity contribution in [3.8, 4) is 0 Å². The molecule has 0 radical (unpaired) electrons. The largest absolute Gasteiger partial charge is 0.448 e. The first kappa shape index (κ1) is 13.8. The Labute approximate surface area is 123 Å². The van der Waals surface area contributed by atoms with Crippen molar-refractivity contribution >= 4 is 5.91 Å². The monoisotopic (exact) mass is 285 g/mol. The number of carbonyl (C=O) groups is 1. The number of piperidine rings is 1. The van der Waals surface area contributed by atoms with Crippen LogP contribution in [-0.4, -0.2) is 24.0 Å². The highest BCUT2D eigenvalue weighted by atomic mass is 16.3. The lowest BCUT2D eigenvalue weighted by atomic mass is 9.98. The van der Waals surface area contributed by atoms with Crippen molar-refractivity contribution in [2.75, 3.05) is 13.1 Å². The molecule has 0 bridgehead atoms. The molecule has 0 spiro atoms. The van der Waals surface area contributed by atoms with Gasteiger partial charge < -0.3 is 15.1 Å². The van der Waals surface area contributed by atoms with Crippen LogP contribution < -0.4 is 10.6 Å². The zero-order valence-corrected chi connectivity index (χ0v) is 11.8. The molecule has 3 rings (SSSR count). The smallest absolute Gasteiger partial charge is 0.273 e. The maximum absolute atomic E-state index is 12.1. The number of carbonyl (C=O) groups excluding carboxylic acids is 1. The number of hydrogen-bond acceptors (Lipinski definition) is 4. The van der Waals surface area contributed by atoms with Gasteiger partial charge in [0.2, 0.25) is 0 Å². The molecule has 0 saturated carbocycles. The van der Waals surface area contributed by atoms with Crippen LogP contribution in [0, 0.1) is 0 Å². The standard InChI is InChI=1S/C16H19N3O2/c20-15(18-10-12-4-2-1-3-5-12)14-11-21-16(19-14)13-6-8-17-9-7-13/h1-5,11,13,17H,6-10H2,(H,18,20). The van der Waals surface area contributed by atoms with Crippen molar-refractivity contribution in [3.63, 3.8) is 0 Å². The predicted octanol–water partition coefficient (Wildman–Crippen LogP) is 2.07. The van der Waals surface area contributed by atoms with E-state index in [-0.39, 0.29) is 5.91 Å². The van der Waals surface area contributed by atoms with E-state index in [2.05, 4.69) is 15.6 Å². The van der Waals surface area contributed by atoms with E-state index in [0.29, 0.717) is 24.0 Å². The molecule has 1 amide bonds. The maximum atomic E-state index is 12.1. The van der Waals surface area contributed by atoms with Crippen molar-refractivity contribution in [1.82, 2.24) is 15.6 Å². The minimum atomic E-state index is -0.192. The molecule has 1 fully saturated rings. The molecule has 0 aliphatic carbocycles. The van der Waals surface area contributed by atoms with Gasteiger partial charge in [0.1, 0.15) is 6.26 Å². The zero-order valence-electron chi connectivity index (χ0n) is 11.8. The summed E-state index contributed by atoms with van der Waals surface area (Å²) < 4.78 is 5.48. The summed E-state index contributed by atoms with van der Waals surface area (Å²) in [7, 11) is 0. The Morgan fingerprint density at radius 3 is 2.81 bits per heavy atom. The molecule has 0 atom stereocenters. The van der Waals surface area contributed by atoms with E-state index in [9.17, 15) is 4.79 Å². The van der Waals surface area contributed by atoms with Gasteiger partial charge in [0.05, 0.1) is 0 Å². The highest BCUT2D eigenvalue weighted by molar-refractivity contribution is 5.91. The molecule has 0 unspecified atom stereocenters. The molecular weight excluding hydrogens is 266 g/mol. The first-order valence-corrected chi connectivity index (χ1v) is 7.31. The summed E-state index contributed by atoms with van der Waals surface area (Å²) in [6.45, 7) is 2.44. The van der Waals surface area contributed by atoms with Gasteiger partial charge in [0.25, 0.3) is 5.91 Å². The minimum absolute atomic E-state index is 0.192. The highest BCUT2D eigenvalue weighted by Crippen LogP contribution is 2.24. The van der Waals surface area contributed by atoms with Crippen molar-refractivity contribution < 1.29 is 9.21 Å². The van der Waals surface area contributed by atoms with E-state index in [4.69, 9.17) is 4.42 Å². The fraction of sp³-hybridized carbons (Fsp3) is 0.375. The number of amides is 1. The van der Waals surface area contributed by atoms with Gasteiger partial charge in [-0.05, 0) is 31.5 Å². The van der Waals surface area contributed by atoms with Crippen molar-refractivity contribution in [3.05, 3.63) is 53.7 Å². The molecule has 5 nitrogen and oxygen atoms in total.